The number of carbonyl (C=O) groups is 1. The standard InChI is InChI=1S/C28H36O3/c1-20(2)28(30)31-18-16-26-19-22(5-4-17-29)8-15-27(26)25-13-11-24(12-14-25)23-9-6-21(3)7-10-23/h8,11-15,19,21,23,29H,1,4-7,9-10,16-18H2,2-3H3. The van der Waals surface area contributed by atoms with E-state index in [1.807, 2.05) is 0 Å². The van der Waals surface area contributed by atoms with Crippen LogP contribution in [0.5, 0.6) is 0 Å². The fourth-order valence-electron chi connectivity index (χ4n) is 4.48. The molecule has 2 aromatic rings. The molecule has 1 N–H and O–H groups in total. The van der Waals surface area contributed by atoms with Gasteiger partial charge in [0.15, 0.2) is 0 Å². The molecule has 0 amide bonds. The van der Waals surface area contributed by atoms with Crippen LogP contribution in [-0.2, 0) is 22.4 Å². The Morgan fingerprint density at radius 1 is 1.06 bits per heavy atom. The molecule has 0 unspecified atom stereocenters. The fraction of sp³-hybridized carbons (Fsp3) is 0.464. The van der Waals surface area contributed by atoms with E-state index in [9.17, 15) is 4.79 Å². The number of rotatable bonds is 9. The highest BCUT2D eigenvalue weighted by Crippen LogP contribution is 2.36. The van der Waals surface area contributed by atoms with Gasteiger partial charge in [-0.05, 0) is 72.3 Å². The first-order valence-electron chi connectivity index (χ1n) is 11.6. The molecule has 0 aliphatic heterocycles. The number of esters is 1. The van der Waals surface area contributed by atoms with Gasteiger partial charge >= 0.3 is 5.97 Å². The summed E-state index contributed by atoms with van der Waals surface area (Å²) in [5.41, 5.74) is 6.62. The third kappa shape index (κ3) is 6.54. The molecule has 0 spiro atoms. The molecular weight excluding hydrogens is 384 g/mol. The van der Waals surface area contributed by atoms with Gasteiger partial charge in [0.05, 0.1) is 6.61 Å². The second-order valence-electron chi connectivity index (χ2n) is 9.06. The van der Waals surface area contributed by atoms with Gasteiger partial charge in [-0.25, -0.2) is 4.79 Å². The van der Waals surface area contributed by atoms with Gasteiger partial charge in [-0.1, -0.05) is 68.8 Å². The molecule has 1 saturated carbocycles. The number of aliphatic hydroxyl groups is 1. The summed E-state index contributed by atoms with van der Waals surface area (Å²) in [6, 6.07) is 15.6. The van der Waals surface area contributed by atoms with E-state index < -0.39 is 0 Å². The lowest BCUT2D eigenvalue weighted by molar-refractivity contribution is -0.138. The molecule has 3 nitrogen and oxygen atoms in total. The van der Waals surface area contributed by atoms with Crippen LogP contribution in [0, 0.1) is 5.92 Å². The number of hydrogen-bond donors (Lipinski definition) is 1. The normalized spacial score (nSPS) is 18.5. The van der Waals surface area contributed by atoms with Gasteiger partial charge in [0.1, 0.15) is 0 Å². The van der Waals surface area contributed by atoms with Crippen LogP contribution in [0.15, 0.2) is 54.6 Å². The van der Waals surface area contributed by atoms with E-state index in [-0.39, 0.29) is 12.6 Å². The zero-order chi connectivity index (χ0) is 22.2. The molecule has 0 atom stereocenters. The highest BCUT2D eigenvalue weighted by atomic mass is 16.5. The summed E-state index contributed by atoms with van der Waals surface area (Å²) in [5, 5.41) is 9.17. The first kappa shape index (κ1) is 23.3. The van der Waals surface area contributed by atoms with Crippen LogP contribution in [0.1, 0.15) is 68.6 Å². The maximum atomic E-state index is 11.8. The lowest BCUT2D eigenvalue weighted by Crippen LogP contribution is -2.10. The van der Waals surface area contributed by atoms with Gasteiger partial charge in [-0.2, -0.15) is 0 Å². The SMILES string of the molecule is C=C(C)C(=O)OCCc1cc(CCCO)ccc1-c1ccc(C2CCC(C)CC2)cc1. The molecule has 0 aromatic heterocycles. The molecule has 1 aliphatic rings. The van der Waals surface area contributed by atoms with E-state index >= 15 is 0 Å². The molecule has 166 valence electrons. The minimum Gasteiger partial charge on any atom is -0.462 e. The van der Waals surface area contributed by atoms with Crippen molar-refractivity contribution in [3.63, 3.8) is 0 Å². The number of benzene rings is 2. The van der Waals surface area contributed by atoms with E-state index in [4.69, 9.17) is 9.84 Å². The van der Waals surface area contributed by atoms with Crippen LogP contribution in [-0.4, -0.2) is 24.3 Å². The lowest BCUT2D eigenvalue weighted by Gasteiger charge is -2.26. The van der Waals surface area contributed by atoms with E-state index in [2.05, 4.69) is 56.0 Å². The predicted molar refractivity (Wildman–Crippen MR) is 127 cm³/mol. The van der Waals surface area contributed by atoms with E-state index in [0.717, 1.165) is 18.8 Å². The van der Waals surface area contributed by atoms with Crippen molar-refractivity contribution in [2.75, 3.05) is 13.2 Å². The summed E-state index contributed by atoms with van der Waals surface area (Å²) in [4.78, 5) is 11.8. The second kappa shape index (κ2) is 11.3. The van der Waals surface area contributed by atoms with Crippen molar-refractivity contribution in [3.05, 3.63) is 71.3 Å². The molecule has 3 rings (SSSR count). The average molecular weight is 421 g/mol. The predicted octanol–water partition coefficient (Wildman–Crippen LogP) is 6.23. The molecule has 0 saturated heterocycles. The van der Waals surface area contributed by atoms with Crippen molar-refractivity contribution in [3.8, 4) is 11.1 Å². The Bertz CT molecular complexity index is 874. The summed E-state index contributed by atoms with van der Waals surface area (Å²) < 4.78 is 5.35. The van der Waals surface area contributed by atoms with Crippen molar-refractivity contribution >= 4 is 5.97 Å². The van der Waals surface area contributed by atoms with E-state index in [1.54, 1.807) is 6.92 Å². The van der Waals surface area contributed by atoms with Crippen LogP contribution < -0.4 is 0 Å². The fourth-order valence-corrected chi connectivity index (χ4v) is 4.48. The Kier molecular flexibility index (Phi) is 8.48. The number of ether oxygens (including phenoxy) is 1. The third-order valence-corrected chi connectivity index (χ3v) is 6.46. The zero-order valence-corrected chi connectivity index (χ0v) is 19.0. The molecule has 0 heterocycles. The number of carbonyl (C=O) groups excluding carboxylic acids is 1. The molecule has 2 aromatic carbocycles. The Morgan fingerprint density at radius 3 is 2.42 bits per heavy atom. The van der Waals surface area contributed by atoms with Gasteiger partial charge in [-0.3, -0.25) is 0 Å². The molecule has 0 radical (unpaired) electrons. The second-order valence-corrected chi connectivity index (χ2v) is 9.06. The monoisotopic (exact) mass is 420 g/mol. The molecule has 31 heavy (non-hydrogen) atoms. The van der Waals surface area contributed by atoms with Crippen molar-refractivity contribution in [1.29, 1.82) is 0 Å². The largest absolute Gasteiger partial charge is 0.462 e. The Balaban J connectivity index is 1.77. The van der Waals surface area contributed by atoms with Gasteiger partial charge < -0.3 is 9.84 Å². The number of aryl methyl sites for hydroxylation is 1. The Morgan fingerprint density at radius 2 is 1.77 bits per heavy atom. The minimum atomic E-state index is -0.343. The molecular formula is C28H36O3. The Hall–Kier alpha value is -2.39. The topological polar surface area (TPSA) is 46.5 Å². The third-order valence-electron chi connectivity index (χ3n) is 6.46. The Labute approximate surface area is 187 Å². The van der Waals surface area contributed by atoms with Gasteiger partial charge in [0.2, 0.25) is 0 Å². The quantitative estimate of drug-likeness (QED) is 0.386. The van der Waals surface area contributed by atoms with Crippen LogP contribution in [0.2, 0.25) is 0 Å². The van der Waals surface area contributed by atoms with E-state index in [0.29, 0.717) is 24.5 Å². The van der Waals surface area contributed by atoms with Gasteiger partial charge in [0.25, 0.3) is 0 Å². The van der Waals surface area contributed by atoms with Crippen LogP contribution in [0.25, 0.3) is 11.1 Å². The molecule has 1 fully saturated rings. The number of hydrogen-bond acceptors (Lipinski definition) is 3. The number of aliphatic hydroxyl groups excluding tert-OH is 1. The average Bonchev–Trinajstić information content (AvgIpc) is 2.78. The van der Waals surface area contributed by atoms with Gasteiger partial charge in [-0.15, -0.1) is 0 Å². The van der Waals surface area contributed by atoms with Gasteiger partial charge in [0, 0.05) is 18.6 Å². The minimum absolute atomic E-state index is 0.189. The summed E-state index contributed by atoms with van der Waals surface area (Å²) in [6.45, 7) is 8.19. The maximum Gasteiger partial charge on any atom is 0.333 e. The first-order chi connectivity index (χ1) is 15.0. The lowest BCUT2D eigenvalue weighted by atomic mass is 9.79. The smallest absolute Gasteiger partial charge is 0.333 e. The zero-order valence-electron chi connectivity index (χ0n) is 19.0. The van der Waals surface area contributed by atoms with E-state index in [1.165, 1.54) is 53.5 Å². The summed E-state index contributed by atoms with van der Waals surface area (Å²) in [5.74, 6) is 1.21. The first-order valence-corrected chi connectivity index (χ1v) is 11.6. The highest BCUT2D eigenvalue weighted by Gasteiger charge is 2.19. The van der Waals surface area contributed by atoms with Crippen molar-refractivity contribution in [1.82, 2.24) is 0 Å². The van der Waals surface area contributed by atoms with Crippen LogP contribution in [0.3, 0.4) is 0 Å². The summed E-state index contributed by atoms with van der Waals surface area (Å²) in [6.07, 6.45) is 7.48. The van der Waals surface area contributed by atoms with Crippen molar-refractivity contribution < 1.29 is 14.6 Å². The molecule has 1 aliphatic carbocycles. The molecule has 0 bridgehead atoms. The van der Waals surface area contributed by atoms with Crippen LogP contribution >= 0.6 is 0 Å². The summed E-state index contributed by atoms with van der Waals surface area (Å²) in [7, 11) is 0. The maximum absolute atomic E-state index is 11.8. The summed E-state index contributed by atoms with van der Waals surface area (Å²) >= 11 is 0. The van der Waals surface area contributed by atoms with Crippen LogP contribution in [0.4, 0.5) is 0 Å². The van der Waals surface area contributed by atoms with Crippen molar-refractivity contribution in [2.24, 2.45) is 5.92 Å². The molecule has 3 heteroatoms. The van der Waals surface area contributed by atoms with Crippen molar-refractivity contribution in [2.45, 2.75) is 64.7 Å². The highest BCUT2D eigenvalue weighted by molar-refractivity contribution is 5.86.